The molecule has 0 aromatic heterocycles. The van der Waals surface area contributed by atoms with Crippen LogP contribution < -0.4 is 5.32 Å². The fourth-order valence-electron chi connectivity index (χ4n) is 2.48. The maximum absolute atomic E-state index is 10.9. The van der Waals surface area contributed by atoms with Gasteiger partial charge >= 0.3 is 0 Å². The van der Waals surface area contributed by atoms with Crippen molar-refractivity contribution in [1.82, 2.24) is 5.32 Å². The van der Waals surface area contributed by atoms with E-state index in [0.717, 1.165) is 31.6 Å². The number of aliphatic hydroxyl groups excluding tert-OH is 1. The molecule has 3 nitrogen and oxygen atoms in total. The lowest BCUT2D eigenvalue weighted by Gasteiger charge is -2.15. The van der Waals surface area contributed by atoms with E-state index >= 15 is 0 Å². The summed E-state index contributed by atoms with van der Waals surface area (Å²) in [6.45, 7) is 1.90. The third-order valence-corrected chi connectivity index (χ3v) is 3.27. The molecule has 15 heavy (non-hydrogen) atoms. The Morgan fingerprint density at radius 3 is 2.80 bits per heavy atom. The molecule has 1 saturated carbocycles. The van der Waals surface area contributed by atoms with Gasteiger partial charge in [0.2, 0.25) is 5.91 Å². The molecule has 0 saturated heterocycles. The van der Waals surface area contributed by atoms with Crippen LogP contribution in [0.5, 0.6) is 0 Å². The van der Waals surface area contributed by atoms with Gasteiger partial charge in [0.25, 0.3) is 0 Å². The van der Waals surface area contributed by atoms with E-state index in [1.165, 1.54) is 19.3 Å². The molecule has 0 spiro atoms. The summed E-state index contributed by atoms with van der Waals surface area (Å²) in [4.78, 5) is 10.9. The first-order valence-electron chi connectivity index (χ1n) is 6.10. The highest BCUT2D eigenvalue weighted by Gasteiger charge is 2.18. The third kappa shape index (κ3) is 5.17. The van der Waals surface area contributed by atoms with Crippen molar-refractivity contribution >= 4 is 5.91 Å². The monoisotopic (exact) mass is 213 g/mol. The Bertz CT molecular complexity index is 194. The van der Waals surface area contributed by atoms with E-state index < -0.39 is 0 Å². The molecule has 0 heterocycles. The topological polar surface area (TPSA) is 49.3 Å². The molecular formula is C12H23NO2. The number of aliphatic hydroxyl groups is 1. The summed E-state index contributed by atoms with van der Waals surface area (Å²) in [6, 6.07) is 0.390. The lowest BCUT2D eigenvalue weighted by molar-refractivity contribution is -0.119. The number of hydrogen-bond donors (Lipinski definition) is 2. The van der Waals surface area contributed by atoms with Crippen LogP contribution in [0.3, 0.4) is 0 Å². The minimum Gasteiger partial charge on any atom is -0.396 e. The molecule has 0 unspecified atom stereocenters. The van der Waals surface area contributed by atoms with Crippen LogP contribution in [-0.4, -0.2) is 23.7 Å². The molecule has 0 aromatic carbocycles. The van der Waals surface area contributed by atoms with Gasteiger partial charge in [0.05, 0.1) is 0 Å². The molecule has 0 aromatic rings. The quantitative estimate of drug-likeness (QED) is 0.700. The average molecular weight is 213 g/mol. The molecule has 88 valence electrons. The van der Waals surface area contributed by atoms with Gasteiger partial charge < -0.3 is 10.4 Å². The average Bonchev–Trinajstić information content (AvgIpc) is 2.40. The van der Waals surface area contributed by atoms with Crippen molar-refractivity contribution in [3.8, 4) is 0 Å². The van der Waals surface area contributed by atoms with E-state index in [2.05, 4.69) is 5.32 Å². The predicted molar refractivity (Wildman–Crippen MR) is 60.5 cm³/mol. The van der Waals surface area contributed by atoms with Crippen molar-refractivity contribution in [1.29, 1.82) is 0 Å². The second-order valence-corrected chi connectivity index (χ2v) is 4.64. The van der Waals surface area contributed by atoms with Crippen LogP contribution in [0.1, 0.15) is 51.9 Å². The Morgan fingerprint density at radius 1 is 1.33 bits per heavy atom. The molecule has 1 fully saturated rings. The summed E-state index contributed by atoms with van der Waals surface area (Å²) in [5, 5.41) is 11.8. The summed E-state index contributed by atoms with van der Waals surface area (Å²) in [5.41, 5.74) is 0. The first-order valence-corrected chi connectivity index (χ1v) is 6.10. The summed E-state index contributed by atoms with van der Waals surface area (Å²) in [6.07, 6.45) is 7.96. The molecule has 0 radical (unpaired) electrons. The second-order valence-electron chi connectivity index (χ2n) is 4.64. The summed E-state index contributed by atoms with van der Waals surface area (Å²) in [7, 11) is 0. The Morgan fingerprint density at radius 2 is 2.13 bits per heavy atom. The molecule has 1 aliphatic carbocycles. The zero-order chi connectivity index (χ0) is 11.1. The van der Waals surface area contributed by atoms with Crippen molar-refractivity contribution in [3.05, 3.63) is 0 Å². The predicted octanol–water partition coefficient (Wildman–Crippen LogP) is 1.84. The van der Waals surface area contributed by atoms with Gasteiger partial charge in [-0.2, -0.15) is 0 Å². The highest BCUT2D eigenvalue weighted by Crippen LogP contribution is 2.26. The molecular weight excluding hydrogens is 190 g/mol. The van der Waals surface area contributed by atoms with Crippen LogP contribution in [0.2, 0.25) is 0 Å². The van der Waals surface area contributed by atoms with Crippen LogP contribution >= 0.6 is 0 Å². The van der Waals surface area contributed by atoms with Gasteiger partial charge in [0, 0.05) is 19.6 Å². The smallest absolute Gasteiger partial charge is 0.217 e. The minimum absolute atomic E-state index is 0.0915. The number of carbonyl (C=O) groups is 1. The molecule has 1 aliphatic rings. The van der Waals surface area contributed by atoms with E-state index in [0.29, 0.717) is 12.6 Å². The van der Waals surface area contributed by atoms with E-state index in [1.54, 1.807) is 6.92 Å². The Hall–Kier alpha value is -0.570. The van der Waals surface area contributed by atoms with Crippen molar-refractivity contribution < 1.29 is 9.90 Å². The largest absolute Gasteiger partial charge is 0.396 e. The maximum Gasteiger partial charge on any atom is 0.217 e. The van der Waals surface area contributed by atoms with Crippen LogP contribution in [0.15, 0.2) is 0 Å². The van der Waals surface area contributed by atoms with Crippen LogP contribution in [-0.2, 0) is 4.79 Å². The number of hydrogen-bond acceptors (Lipinski definition) is 2. The molecule has 2 atom stereocenters. The Balaban J connectivity index is 2.25. The van der Waals surface area contributed by atoms with Gasteiger partial charge in [-0.1, -0.05) is 12.8 Å². The number of amides is 1. The van der Waals surface area contributed by atoms with Gasteiger partial charge in [-0.15, -0.1) is 0 Å². The first-order chi connectivity index (χ1) is 7.22. The van der Waals surface area contributed by atoms with E-state index in [4.69, 9.17) is 5.11 Å². The highest BCUT2D eigenvalue weighted by atomic mass is 16.2. The van der Waals surface area contributed by atoms with Crippen LogP contribution in [0.25, 0.3) is 0 Å². The van der Waals surface area contributed by atoms with E-state index in [1.807, 2.05) is 0 Å². The summed E-state index contributed by atoms with van der Waals surface area (Å²) >= 11 is 0. The third-order valence-electron chi connectivity index (χ3n) is 3.27. The van der Waals surface area contributed by atoms with Crippen molar-refractivity contribution in [3.63, 3.8) is 0 Å². The lowest BCUT2D eigenvalue weighted by Crippen LogP contribution is -2.32. The molecule has 2 N–H and O–H groups in total. The normalized spacial score (nSPS) is 27.1. The zero-order valence-corrected chi connectivity index (χ0v) is 9.67. The Labute approximate surface area is 92.3 Å². The van der Waals surface area contributed by atoms with Gasteiger partial charge in [-0.05, 0) is 38.0 Å². The number of rotatable bonds is 4. The van der Waals surface area contributed by atoms with Gasteiger partial charge in [-0.3, -0.25) is 4.79 Å². The van der Waals surface area contributed by atoms with Gasteiger partial charge in [0.15, 0.2) is 0 Å². The fraction of sp³-hybridized carbons (Fsp3) is 0.917. The molecule has 0 bridgehead atoms. The number of carbonyl (C=O) groups excluding carboxylic acids is 1. The summed E-state index contributed by atoms with van der Waals surface area (Å²) in [5.74, 6) is 0.852. The van der Waals surface area contributed by atoms with E-state index in [9.17, 15) is 4.79 Å². The highest BCUT2D eigenvalue weighted by molar-refractivity contribution is 5.73. The maximum atomic E-state index is 10.9. The molecule has 1 amide bonds. The van der Waals surface area contributed by atoms with Crippen LogP contribution in [0, 0.1) is 5.92 Å². The molecule has 1 rings (SSSR count). The lowest BCUT2D eigenvalue weighted by atomic mass is 9.95. The first kappa shape index (κ1) is 12.5. The van der Waals surface area contributed by atoms with Crippen molar-refractivity contribution in [2.75, 3.05) is 6.61 Å². The molecule has 3 heteroatoms. The van der Waals surface area contributed by atoms with Gasteiger partial charge in [-0.25, -0.2) is 0 Å². The zero-order valence-electron chi connectivity index (χ0n) is 9.67. The van der Waals surface area contributed by atoms with Crippen LogP contribution in [0.4, 0.5) is 0 Å². The second kappa shape index (κ2) is 6.83. The molecule has 0 aliphatic heterocycles. The number of nitrogens with one attached hydrogen (secondary N) is 1. The standard InChI is InChI=1S/C12H23NO2/c1-10(15)13-12-6-2-4-11(7-8-12)5-3-9-14/h11-12,14H,2-9H2,1H3,(H,13,15)/t11-,12+/m1/s1. The van der Waals surface area contributed by atoms with E-state index in [-0.39, 0.29) is 5.91 Å². The van der Waals surface area contributed by atoms with Gasteiger partial charge in [0.1, 0.15) is 0 Å². The summed E-state index contributed by atoms with van der Waals surface area (Å²) < 4.78 is 0. The minimum atomic E-state index is 0.0915. The van der Waals surface area contributed by atoms with Crippen molar-refractivity contribution in [2.24, 2.45) is 5.92 Å². The van der Waals surface area contributed by atoms with Crippen molar-refractivity contribution in [2.45, 2.75) is 57.9 Å². The SMILES string of the molecule is CC(=O)N[C@H]1CCC[C@H](CCCO)CC1. The fourth-order valence-corrected chi connectivity index (χ4v) is 2.48. The Kier molecular flexibility index (Phi) is 5.69.